The second-order valence-electron chi connectivity index (χ2n) is 5.28. The Bertz CT molecular complexity index is 811. The Morgan fingerprint density at radius 2 is 1.95 bits per heavy atom. The van der Waals surface area contributed by atoms with Gasteiger partial charge in [0.05, 0.1) is 29.0 Å². The summed E-state index contributed by atoms with van der Waals surface area (Å²) < 4.78 is 0. The number of nitrogens with zero attached hydrogens (tertiary/aromatic N) is 2. The zero-order chi connectivity index (χ0) is 15.7. The lowest BCUT2D eigenvalue weighted by molar-refractivity contribution is 0.304. The smallest absolute Gasteiger partial charge is 0.138 e. The van der Waals surface area contributed by atoms with Crippen molar-refractivity contribution in [1.82, 2.24) is 9.97 Å². The van der Waals surface area contributed by atoms with Gasteiger partial charge < -0.3 is 26.5 Å². The molecule has 1 heterocycles. The second-order valence-corrected chi connectivity index (χ2v) is 5.28. The molecule has 1 aromatic heterocycles. The molecular formula is C16H19N5O. The maximum absolute atomic E-state index is 9.03. The summed E-state index contributed by atoms with van der Waals surface area (Å²) in [4.78, 5) is 9.87. The molecular weight excluding hydrogens is 278 g/mol. The number of aromatic amines is 1. The minimum atomic E-state index is 0.119. The van der Waals surface area contributed by atoms with Gasteiger partial charge in [-0.2, -0.15) is 0 Å². The first-order valence-electron chi connectivity index (χ1n) is 7.05. The number of aromatic nitrogens is 2. The Kier molecular flexibility index (Phi) is 3.60. The van der Waals surface area contributed by atoms with E-state index in [-0.39, 0.29) is 6.61 Å². The largest absolute Gasteiger partial charge is 0.397 e. The van der Waals surface area contributed by atoms with E-state index in [1.807, 2.05) is 42.3 Å². The number of rotatable bonds is 4. The third-order valence-electron chi connectivity index (χ3n) is 3.70. The van der Waals surface area contributed by atoms with Crippen LogP contribution in [-0.2, 0) is 0 Å². The van der Waals surface area contributed by atoms with Crippen LogP contribution < -0.4 is 16.4 Å². The van der Waals surface area contributed by atoms with Gasteiger partial charge in [0.1, 0.15) is 5.82 Å². The Hall–Kier alpha value is -2.73. The standard InChI is InChI=1S/C16H19N5O/c1-21(6-7-22)11-3-5-14-15(9-11)20-16(19-14)10-2-4-12(17)13(18)8-10/h2-5,8-9,22H,6-7,17-18H2,1H3,(H,19,20). The highest BCUT2D eigenvalue weighted by Crippen LogP contribution is 2.27. The van der Waals surface area contributed by atoms with Crippen LogP contribution in [0.15, 0.2) is 36.4 Å². The lowest BCUT2D eigenvalue weighted by atomic mass is 10.1. The van der Waals surface area contributed by atoms with Crippen LogP contribution in [0.2, 0.25) is 0 Å². The molecule has 0 saturated carbocycles. The predicted octanol–water partition coefficient (Wildman–Crippen LogP) is 1.82. The van der Waals surface area contributed by atoms with Gasteiger partial charge in [0.25, 0.3) is 0 Å². The van der Waals surface area contributed by atoms with E-state index in [0.717, 1.165) is 28.1 Å². The number of imidazole rings is 1. The molecule has 6 nitrogen and oxygen atoms in total. The summed E-state index contributed by atoms with van der Waals surface area (Å²) in [6.45, 7) is 0.703. The minimum absolute atomic E-state index is 0.119. The van der Waals surface area contributed by atoms with E-state index in [4.69, 9.17) is 16.6 Å². The summed E-state index contributed by atoms with van der Waals surface area (Å²) in [6, 6.07) is 11.4. The third-order valence-corrected chi connectivity index (χ3v) is 3.70. The van der Waals surface area contributed by atoms with Crippen LogP contribution in [0, 0.1) is 0 Å². The van der Waals surface area contributed by atoms with Crippen molar-refractivity contribution in [3.05, 3.63) is 36.4 Å². The molecule has 3 rings (SSSR count). The van der Waals surface area contributed by atoms with Crippen LogP contribution in [0.5, 0.6) is 0 Å². The van der Waals surface area contributed by atoms with Crippen molar-refractivity contribution in [3.63, 3.8) is 0 Å². The Labute approximate surface area is 128 Å². The number of benzene rings is 2. The van der Waals surface area contributed by atoms with Crippen LogP contribution in [0.25, 0.3) is 22.4 Å². The lowest BCUT2D eigenvalue weighted by Gasteiger charge is -2.17. The number of aliphatic hydroxyl groups excluding tert-OH is 1. The average molecular weight is 297 g/mol. The zero-order valence-electron chi connectivity index (χ0n) is 12.4. The highest BCUT2D eigenvalue weighted by Gasteiger charge is 2.08. The van der Waals surface area contributed by atoms with Gasteiger partial charge in [-0.3, -0.25) is 0 Å². The van der Waals surface area contributed by atoms with Crippen LogP contribution in [0.1, 0.15) is 0 Å². The number of hydrogen-bond donors (Lipinski definition) is 4. The van der Waals surface area contributed by atoms with E-state index in [1.54, 1.807) is 6.07 Å². The molecule has 0 amide bonds. The maximum atomic E-state index is 9.03. The summed E-state index contributed by atoms with van der Waals surface area (Å²) >= 11 is 0. The zero-order valence-corrected chi connectivity index (χ0v) is 12.4. The van der Waals surface area contributed by atoms with Crippen molar-refractivity contribution >= 4 is 28.1 Å². The van der Waals surface area contributed by atoms with Gasteiger partial charge in [0.2, 0.25) is 0 Å². The van der Waals surface area contributed by atoms with Crippen molar-refractivity contribution in [1.29, 1.82) is 0 Å². The Balaban J connectivity index is 2.00. The number of nitrogens with one attached hydrogen (secondary N) is 1. The molecule has 0 radical (unpaired) electrons. The molecule has 0 aliphatic heterocycles. The van der Waals surface area contributed by atoms with Crippen LogP contribution in [0.3, 0.4) is 0 Å². The van der Waals surface area contributed by atoms with Crippen molar-refractivity contribution in [2.24, 2.45) is 0 Å². The fraction of sp³-hybridized carbons (Fsp3) is 0.188. The van der Waals surface area contributed by atoms with Gasteiger partial charge in [0, 0.05) is 24.8 Å². The Morgan fingerprint density at radius 3 is 2.68 bits per heavy atom. The topological polar surface area (TPSA) is 104 Å². The molecule has 3 aromatic rings. The molecule has 0 aliphatic carbocycles. The number of H-pyrrole nitrogens is 1. The molecule has 6 N–H and O–H groups in total. The molecule has 0 spiro atoms. The van der Waals surface area contributed by atoms with Crippen molar-refractivity contribution in [2.75, 3.05) is 36.6 Å². The van der Waals surface area contributed by atoms with Gasteiger partial charge in [-0.25, -0.2) is 4.98 Å². The first kappa shape index (κ1) is 14.2. The van der Waals surface area contributed by atoms with Crippen LogP contribution >= 0.6 is 0 Å². The summed E-state index contributed by atoms with van der Waals surface area (Å²) in [6.07, 6.45) is 0. The molecule has 0 unspecified atom stereocenters. The van der Waals surface area contributed by atoms with Gasteiger partial charge in [-0.1, -0.05) is 0 Å². The minimum Gasteiger partial charge on any atom is -0.397 e. The molecule has 0 saturated heterocycles. The molecule has 114 valence electrons. The molecule has 0 bridgehead atoms. The highest BCUT2D eigenvalue weighted by atomic mass is 16.3. The van der Waals surface area contributed by atoms with E-state index in [0.29, 0.717) is 17.9 Å². The number of hydrogen-bond acceptors (Lipinski definition) is 5. The maximum Gasteiger partial charge on any atom is 0.138 e. The number of nitrogens with two attached hydrogens (primary N) is 2. The molecule has 6 heteroatoms. The van der Waals surface area contributed by atoms with Gasteiger partial charge in [-0.05, 0) is 36.4 Å². The monoisotopic (exact) mass is 297 g/mol. The first-order chi connectivity index (χ1) is 10.6. The van der Waals surface area contributed by atoms with E-state index in [1.165, 1.54) is 0 Å². The van der Waals surface area contributed by atoms with E-state index in [2.05, 4.69) is 9.97 Å². The molecule has 0 fully saturated rings. The average Bonchev–Trinajstić information content (AvgIpc) is 2.93. The predicted molar refractivity (Wildman–Crippen MR) is 90.7 cm³/mol. The highest BCUT2D eigenvalue weighted by molar-refractivity contribution is 5.83. The summed E-state index contributed by atoms with van der Waals surface area (Å²) in [5.41, 5.74) is 16.4. The van der Waals surface area contributed by atoms with Gasteiger partial charge in [-0.15, -0.1) is 0 Å². The van der Waals surface area contributed by atoms with Gasteiger partial charge in [0.15, 0.2) is 0 Å². The molecule has 0 atom stereocenters. The molecule has 0 aliphatic rings. The molecule has 2 aromatic carbocycles. The number of anilines is 3. The van der Waals surface area contributed by atoms with E-state index in [9.17, 15) is 0 Å². The normalized spacial score (nSPS) is 11.0. The SMILES string of the molecule is CN(CCO)c1ccc2nc(-c3ccc(N)c(N)c3)[nH]c2c1. The van der Waals surface area contributed by atoms with Crippen LogP contribution in [-0.4, -0.2) is 35.3 Å². The lowest BCUT2D eigenvalue weighted by Crippen LogP contribution is -2.20. The summed E-state index contributed by atoms with van der Waals surface area (Å²) in [5, 5.41) is 9.03. The van der Waals surface area contributed by atoms with E-state index >= 15 is 0 Å². The van der Waals surface area contributed by atoms with Gasteiger partial charge >= 0.3 is 0 Å². The fourth-order valence-electron chi connectivity index (χ4n) is 2.37. The third kappa shape index (κ3) is 2.56. The quantitative estimate of drug-likeness (QED) is 0.550. The second kappa shape index (κ2) is 5.57. The molecule has 22 heavy (non-hydrogen) atoms. The van der Waals surface area contributed by atoms with E-state index < -0.39 is 0 Å². The Morgan fingerprint density at radius 1 is 1.14 bits per heavy atom. The van der Waals surface area contributed by atoms with Crippen molar-refractivity contribution < 1.29 is 5.11 Å². The fourth-order valence-corrected chi connectivity index (χ4v) is 2.37. The summed E-state index contributed by atoms with van der Waals surface area (Å²) in [7, 11) is 1.94. The number of likely N-dealkylation sites (N-methyl/N-ethyl adjacent to an activating group) is 1. The van der Waals surface area contributed by atoms with Crippen LogP contribution in [0.4, 0.5) is 17.1 Å². The number of fused-ring (bicyclic) bond motifs is 1. The first-order valence-corrected chi connectivity index (χ1v) is 7.05. The summed E-state index contributed by atoms with van der Waals surface area (Å²) in [5.74, 6) is 0.753. The number of aliphatic hydroxyl groups is 1. The number of nitrogen functional groups attached to an aromatic ring is 2. The van der Waals surface area contributed by atoms with Crippen molar-refractivity contribution in [2.45, 2.75) is 0 Å². The van der Waals surface area contributed by atoms with Crippen molar-refractivity contribution in [3.8, 4) is 11.4 Å².